The fraction of sp³-hybridized carbons (Fsp3) is 0.500. The molecule has 2 rings (SSSR count). The number of hydrogen-bond donors (Lipinski definition) is 1. The molecule has 5 heteroatoms. The minimum absolute atomic E-state index is 0.185. The van der Waals surface area contributed by atoms with Gasteiger partial charge in [-0.25, -0.2) is 4.98 Å². The Morgan fingerprint density at radius 3 is 2.71 bits per heavy atom. The molecule has 21 heavy (non-hydrogen) atoms. The number of fused-ring (bicyclic) bond motifs is 1. The van der Waals surface area contributed by atoms with Crippen molar-refractivity contribution in [1.82, 2.24) is 14.5 Å². The lowest BCUT2D eigenvalue weighted by Gasteiger charge is -2.23. The number of aliphatic carboxylic acids is 1. The van der Waals surface area contributed by atoms with E-state index >= 15 is 0 Å². The summed E-state index contributed by atoms with van der Waals surface area (Å²) < 4.78 is 2.17. The molecule has 0 saturated carbocycles. The maximum absolute atomic E-state index is 10.7. The highest BCUT2D eigenvalue weighted by Crippen LogP contribution is 2.26. The minimum atomic E-state index is -0.749. The lowest BCUT2D eigenvalue weighted by Crippen LogP contribution is -2.23. The number of rotatable bonds is 7. The fourth-order valence-corrected chi connectivity index (χ4v) is 2.75. The highest BCUT2D eigenvalue weighted by atomic mass is 16.4. The zero-order chi connectivity index (χ0) is 15.4. The molecule has 1 atom stereocenters. The highest BCUT2D eigenvalue weighted by Gasteiger charge is 2.20. The topological polar surface area (TPSA) is 58.4 Å². The first-order valence-electron chi connectivity index (χ1n) is 7.38. The van der Waals surface area contributed by atoms with Gasteiger partial charge in [-0.1, -0.05) is 19.1 Å². The number of aryl methyl sites for hydroxylation is 1. The Labute approximate surface area is 125 Å². The molecule has 114 valence electrons. The molecular formula is C16H23N3O2. The maximum Gasteiger partial charge on any atom is 0.303 e. The number of benzene rings is 1. The van der Waals surface area contributed by atoms with Gasteiger partial charge in [-0.05, 0) is 39.1 Å². The van der Waals surface area contributed by atoms with Crippen molar-refractivity contribution in [1.29, 1.82) is 0 Å². The van der Waals surface area contributed by atoms with Crippen LogP contribution in [0.5, 0.6) is 0 Å². The second kappa shape index (κ2) is 6.72. The molecule has 0 aliphatic carbocycles. The normalized spacial score (nSPS) is 13.0. The molecule has 1 aromatic heterocycles. The molecule has 0 spiro atoms. The van der Waals surface area contributed by atoms with Gasteiger partial charge in [-0.15, -0.1) is 0 Å². The van der Waals surface area contributed by atoms with Crippen LogP contribution < -0.4 is 0 Å². The molecule has 1 aromatic carbocycles. The van der Waals surface area contributed by atoms with Crippen LogP contribution in [-0.4, -0.2) is 39.6 Å². The predicted molar refractivity (Wildman–Crippen MR) is 83.3 cm³/mol. The quantitative estimate of drug-likeness (QED) is 0.851. The monoisotopic (exact) mass is 289 g/mol. The van der Waals surface area contributed by atoms with Crippen LogP contribution in [0.2, 0.25) is 0 Å². The van der Waals surface area contributed by atoms with E-state index in [4.69, 9.17) is 10.1 Å². The van der Waals surface area contributed by atoms with Gasteiger partial charge in [0.25, 0.3) is 0 Å². The molecular weight excluding hydrogens is 266 g/mol. The average molecular weight is 289 g/mol. The third kappa shape index (κ3) is 3.42. The zero-order valence-corrected chi connectivity index (χ0v) is 12.9. The molecule has 2 aromatic rings. The lowest BCUT2D eigenvalue weighted by atomic mass is 10.2. The number of carboxylic acid groups (broad SMARTS) is 1. The number of nitrogens with zero attached hydrogens (tertiary/aromatic N) is 3. The second-order valence-electron chi connectivity index (χ2n) is 5.50. The molecule has 0 aliphatic heterocycles. The van der Waals surface area contributed by atoms with E-state index < -0.39 is 5.97 Å². The second-order valence-corrected chi connectivity index (χ2v) is 5.50. The van der Waals surface area contributed by atoms with E-state index in [9.17, 15) is 4.79 Å². The van der Waals surface area contributed by atoms with Crippen molar-refractivity contribution in [2.75, 3.05) is 14.1 Å². The van der Waals surface area contributed by atoms with E-state index in [1.165, 1.54) is 0 Å². The maximum atomic E-state index is 10.7. The Hall–Kier alpha value is -1.88. The van der Waals surface area contributed by atoms with E-state index in [-0.39, 0.29) is 12.5 Å². The SMILES string of the molecule is CCC(c1nc2ccccc2n1CCCC(=O)O)N(C)C. The molecule has 0 aliphatic rings. The van der Waals surface area contributed by atoms with Gasteiger partial charge in [-0.2, -0.15) is 0 Å². The van der Waals surface area contributed by atoms with E-state index in [0.717, 1.165) is 23.3 Å². The first kappa shape index (κ1) is 15.5. The van der Waals surface area contributed by atoms with Crippen LogP contribution in [0.4, 0.5) is 0 Å². The van der Waals surface area contributed by atoms with Crippen LogP contribution in [0, 0.1) is 0 Å². The van der Waals surface area contributed by atoms with Gasteiger partial charge >= 0.3 is 5.97 Å². The molecule has 1 N–H and O–H groups in total. The first-order valence-corrected chi connectivity index (χ1v) is 7.38. The summed E-state index contributed by atoms with van der Waals surface area (Å²) in [5, 5.41) is 8.84. The van der Waals surface area contributed by atoms with Crippen LogP contribution in [0.25, 0.3) is 11.0 Å². The van der Waals surface area contributed by atoms with Gasteiger partial charge in [0.05, 0.1) is 17.1 Å². The molecule has 0 fully saturated rings. The van der Waals surface area contributed by atoms with Crippen LogP contribution >= 0.6 is 0 Å². The number of carbonyl (C=O) groups is 1. The Balaban J connectivity index is 2.40. The van der Waals surface area contributed by atoms with Crippen LogP contribution in [0.3, 0.4) is 0 Å². The molecule has 0 bridgehead atoms. The van der Waals surface area contributed by atoms with E-state index in [1.54, 1.807) is 0 Å². The standard InChI is InChI=1S/C16H23N3O2/c1-4-13(18(2)3)16-17-12-8-5-6-9-14(12)19(16)11-7-10-15(20)21/h5-6,8-9,13H,4,7,10-11H2,1-3H3,(H,20,21). The van der Waals surface area contributed by atoms with Crippen molar-refractivity contribution < 1.29 is 9.90 Å². The Bertz CT molecular complexity index is 619. The van der Waals surface area contributed by atoms with Gasteiger partial charge in [0.1, 0.15) is 5.82 Å². The Morgan fingerprint density at radius 2 is 2.10 bits per heavy atom. The van der Waals surface area contributed by atoms with Gasteiger partial charge in [-0.3, -0.25) is 9.69 Å². The average Bonchev–Trinajstić information content (AvgIpc) is 2.78. The summed E-state index contributed by atoms with van der Waals surface area (Å²) in [5.74, 6) is 0.273. The summed E-state index contributed by atoms with van der Waals surface area (Å²) in [5.41, 5.74) is 2.06. The fourth-order valence-electron chi connectivity index (χ4n) is 2.75. The third-order valence-electron chi connectivity index (χ3n) is 3.76. The van der Waals surface area contributed by atoms with Crippen molar-refractivity contribution >= 4 is 17.0 Å². The summed E-state index contributed by atoms with van der Waals surface area (Å²) in [6, 6.07) is 8.28. The van der Waals surface area contributed by atoms with Crippen LogP contribution in [0.15, 0.2) is 24.3 Å². The third-order valence-corrected chi connectivity index (χ3v) is 3.76. The minimum Gasteiger partial charge on any atom is -0.481 e. The smallest absolute Gasteiger partial charge is 0.303 e. The first-order chi connectivity index (χ1) is 10.0. The van der Waals surface area contributed by atoms with Crippen molar-refractivity contribution in [3.05, 3.63) is 30.1 Å². The Kier molecular flexibility index (Phi) is 4.96. The predicted octanol–water partition coefficient (Wildman–Crippen LogP) is 2.91. The van der Waals surface area contributed by atoms with Gasteiger partial charge in [0, 0.05) is 13.0 Å². The summed E-state index contributed by atoms with van der Waals surface area (Å²) in [4.78, 5) is 17.7. The van der Waals surface area contributed by atoms with Gasteiger partial charge in [0.15, 0.2) is 0 Å². The number of para-hydroxylation sites is 2. The lowest BCUT2D eigenvalue weighted by molar-refractivity contribution is -0.137. The molecule has 0 saturated heterocycles. The van der Waals surface area contributed by atoms with Crippen LogP contribution in [0.1, 0.15) is 38.1 Å². The summed E-state index contributed by atoms with van der Waals surface area (Å²) >= 11 is 0. The molecule has 5 nitrogen and oxygen atoms in total. The zero-order valence-electron chi connectivity index (χ0n) is 12.9. The van der Waals surface area contributed by atoms with Crippen molar-refractivity contribution in [2.45, 2.75) is 38.8 Å². The highest BCUT2D eigenvalue weighted by molar-refractivity contribution is 5.76. The van der Waals surface area contributed by atoms with Gasteiger partial charge < -0.3 is 9.67 Å². The number of imidazole rings is 1. The molecule has 1 heterocycles. The number of carboxylic acids is 1. The van der Waals surface area contributed by atoms with E-state index in [0.29, 0.717) is 13.0 Å². The van der Waals surface area contributed by atoms with Gasteiger partial charge in [0.2, 0.25) is 0 Å². The van der Waals surface area contributed by atoms with Crippen molar-refractivity contribution in [2.24, 2.45) is 0 Å². The van der Waals surface area contributed by atoms with Crippen LogP contribution in [-0.2, 0) is 11.3 Å². The number of hydrogen-bond acceptors (Lipinski definition) is 3. The summed E-state index contributed by atoms with van der Waals surface area (Å²) in [6.07, 6.45) is 1.77. The Morgan fingerprint density at radius 1 is 1.38 bits per heavy atom. The molecule has 1 unspecified atom stereocenters. The summed E-state index contributed by atoms with van der Waals surface area (Å²) in [7, 11) is 4.10. The van der Waals surface area contributed by atoms with Crippen molar-refractivity contribution in [3.8, 4) is 0 Å². The van der Waals surface area contributed by atoms with E-state index in [1.807, 2.05) is 18.2 Å². The number of aromatic nitrogens is 2. The molecule has 0 radical (unpaired) electrons. The van der Waals surface area contributed by atoms with Crippen molar-refractivity contribution in [3.63, 3.8) is 0 Å². The molecule has 0 amide bonds. The summed E-state index contributed by atoms with van der Waals surface area (Å²) in [6.45, 7) is 2.83. The van der Waals surface area contributed by atoms with E-state index in [2.05, 4.69) is 36.6 Å². The largest absolute Gasteiger partial charge is 0.481 e.